The summed E-state index contributed by atoms with van der Waals surface area (Å²) in [6.45, 7) is 1.68. The summed E-state index contributed by atoms with van der Waals surface area (Å²) in [6, 6.07) is 2.09. The highest BCUT2D eigenvalue weighted by molar-refractivity contribution is 5.95. The molecule has 2 aromatic heterocycles. The molecule has 0 aliphatic heterocycles. The SMILES string of the molecule is C#CCNC(=O)c1cnn(-c2ccc(C(F)(F)F)cn2)c1C. The Morgan fingerprint density at radius 1 is 1.41 bits per heavy atom. The van der Waals surface area contributed by atoms with Crippen LogP contribution in [0.5, 0.6) is 0 Å². The average Bonchev–Trinajstić information content (AvgIpc) is 2.86. The Morgan fingerprint density at radius 3 is 2.68 bits per heavy atom. The second-order valence-corrected chi connectivity index (χ2v) is 4.35. The third-order valence-corrected chi connectivity index (χ3v) is 2.90. The first-order valence-electron chi connectivity index (χ1n) is 6.14. The van der Waals surface area contributed by atoms with Gasteiger partial charge in [-0.1, -0.05) is 5.92 Å². The van der Waals surface area contributed by atoms with E-state index in [2.05, 4.69) is 21.3 Å². The van der Waals surface area contributed by atoms with Gasteiger partial charge in [-0.3, -0.25) is 4.79 Å². The lowest BCUT2D eigenvalue weighted by molar-refractivity contribution is -0.137. The van der Waals surface area contributed by atoms with Crippen molar-refractivity contribution < 1.29 is 18.0 Å². The maximum absolute atomic E-state index is 12.5. The number of alkyl halides is 3. The maximum atomic E-state index is 12.5. The fourth-order valence-corrected chi connectivity index (χ4v) is 1.77. The number of pyridine rings is 1. The van der Waals surface area contributed by atoms with Gasteiger partial charge in [0.2, 0.25) is 0 Å². The number of aromatic nitrogens is 3. The van der Waals surface area contributed by atoms with Crippen LogP contribution >= 0.6 is 0 Å². The lowest BCUT2D eigenvalue weighted by Gasteiger charge is -2.08. The Labute approximate surface area is 124 Å². The minimum Gasteiger partial charge on any atom is -0.341 e. The number of terminal acetylenes is 1. The number of halogens is 3. The highest BCUT2D eigenvalue weighted by atomic mass is 19.4. The number of nitrogens with zero attached hydrogens (tertiary/aromatic N) is 3. The minimum atomic E-state index is -4.45. The highest BCUT2D eigenvalue weighted by Gasteiger charge is 2.30. The third kappa shape index (κ3) is 3.09. The van der Waals surface area contributed by atoms with Crippen molar-refractivity contribution in [1.82, 2.24) is 20.1 Å². The Morgan fingerprint density at radius 2 is 2.14 bits per heavy atom. The second kappa shape index (κ2) is 5.89. The van der Waals surface area contributed by atoms with Crippen LogP contribution in [0.3, 0.4) is 0 Å². The average molecular weight is 308 g/mol. The summed E-state index contributed by atoms with van der Waals surface area (Å²) in [7, 11) is 0. The van der Waals surface area contributed by atoms with E-state index in [1.54, 1.807) is 6.92 Å². The number of carbonyl (C=O) groups is 1. The first-order valence-corrected chi connectivity index (χ1v) is 6.14. The second-order valence-electron chi connectivity index (χ2n) is 4.35. The molecule has 0 aliphatic carbocycles. The highest BCUT2D eigenvalue weighted by Crippen LogP contribution is 2.28. The first-order chi connectivity index (χ1) is 10.3. The van der Waals surface area contributed by atoms with Gasteiger partial charge in [0.05, 0.1) is 29.6 Å². The van der Waals surface area contributed by atoms with Crippen LogP contribution in [0.25, 0.3) is 5.82 Å². The standard InChI is InChI=1S/C14H11F3N4O/c1-3-6-18-13(22)11-8-20-21(9(11)2)12-5-4-10(7-19-12)14(15,16)17/h1,4-5,7-8H,6H2,2H3,(H,18,22). The van der Waals surface area contributed by atoms with Crippen LogP contribution in [-0.4, -0.2) is 27.2 Å². The molecule has 0 spiro atoms. The Hall–Kier alpha value is -2.82. The predicted octanol–water partition coefficient (Wildman–Crippen LogP) is 1.96. The molecule has 114 valence electrons. The Bertz CT molecular complexity index is 726. The summed E-state index contributed by atoms with van der Waals surface area (Å²) in [5.41, 5.74) is -0.133. The number of hydrogen-bond acceptors (Lipinski definition) is 3. The molecule has 0 saturated carbocycles. The fraction of sp³-hybridized carbons (Fsp3) is 0.214. The van der Waals surface area contributed by atoms with Crippen LogP contribution in [0.1, 0.15) is 21.6 Å². The summed E-state index contributed by atoms with van der Waals surface area (Å²) in [4.78, 5) is 15.6. The van der Waals surface area contributed by atoms with Gasteiger partial charge in [-0.2, -0.15) is 18.3 Å². The van der Waals surface area contributed by atoms with Gasteiger partial charge in [-0.15, -0.1) is 6.42 Å². The maximum Gasteiger partial charge on any atom is 0.417 e. The van der Waals surface area contributed by atoms with E-state index in [1.807, 2.05) is 0 Å². The van der Waals surface area contributed by atoms with Gasteiger partial charge in [0.1, 0.15) is 0 Å². The van der Waals surface area contributed by atoms with E-state index in [9.17, 15) is 18.0 Å². The van der Waals surface area contributed by atoms with Crippen LogP contribution in [-0.2, 0) is 6.18 Å². The van der Waals surface area contributed by atoms with Crippen molar-refractivity contribution in [2.75, 3.05) is 6.54 Å². The van der Waals surface area contributed by atoms with E-state index in [1.165, 1.54) is 16.9 Å². The summed E-state index contributed by atoms with van der Waals surface area (Å²) >= 11 is 0. The molecule has 0 atom stereocenters. The molecule has 1 amide bonds. The van der Waals surface area contributed by atoms with Gasteiger partial charge in [0.15, 0.2) is 5.82 Å². The molecule has 0 aliphatic rings. The molecule has 1 N–H and O–H groups in total. The molecule has 0 radical (unpaired) electrons. The number of hydrogen-bond donors (Lipinski definition) is 1. The van der Waals surface area contributed by atoms with Gasteiger partial charge < -0.3 is 5.32 Å². The largest absolute Gasteiger partial charge is 0.417 e. The molecule has 0 saturated heterocycles. The zero-order valence-corrected chi connectivity index (χ0v) is 11.5. The molecular formula is C14H11F3N4O. The summed E-state index contributed by atoms with van der Waals surface area (Å²) in [5, 5.41) is 6.45. The van der Waals surface area contributed by atoms with E-state index >= 15 is 0 Å². The van der Waals surface area contributed by atoms with E-state index in [0.29, 0.717) is 11.9 Å². The first kappa shape index (κ1) is 15.6. The van der Waals surface area contributed by atoms with Gasteiger partial charge in [0, 0.05) is 6.20 Å². The number of amides is 1. The number of rotatable bonds is 3. The fourth-order valence-electron chi connectivity index (χ4n) is 1.77. The lowest BCUT2D eigenvalue weighted by atomic mass is 10.2. The van der Waals surface area contributed by atoms with Crippen LogP contribution in [0.15, 0.2) is 24.5 Å². The van der Waals surface area contributed by atoms with Crippen molar-refractivity contribution in [2.45, 2.75) is 13.1 Å². The van der Waals surface area contributed by atoms with Crippen molar-refractivity contribution in [2.24, 2.45) is 0 Å². The van der Waals surface area contributed by atoms with Crippen LogP contribution < -0.4 is 5.32 Å². The van der Waals surface area contributed by atoms with Crippen molar-refractivity contribution in [3.05, 3.63) is 41.3 Å². The summed E-state index contributed by atoms with van der Waals surface area (Å²) in [6.07, 6.45) is 2.62. The third-order valence-electron chi connectivity index (χ3n) is 2.90. The van der Waals surface area contributed by atoms with Crippen LogP contribution in [0.4, 0.5) is 13.2 Å². The van der Waals surface area contributed by atoms with Crippen molar-refractivity contribution in [3.63, 3.8) is 0 Å². The van der Waals surface area contributed by atoms with E-state index in [4.69, 9.17) is 6.42 Å². The molecule has 0 aromatic carbocycles. The van der Waals surface area contributed by atoms with Gasteiger partial charge in [-0.25, -0.2) is 9.67 Å². The van der Waals surface area contributed by atoms with E-state index in [-0.39, 0.29) is 17.9 Å². The minimum absolute atomic E-state index is 0.0714. The van der Waals surface area contributed by atoms with Crippen molar-refractivity contribution in [3.8, 4) is 18.2 Å². The molecule has 0 bridgehead atoms. The molecule has 8 heteroatoms. The van der Waals surface area contributed by atoms with Gasteiger partial charge >= 0.3 is 6.18 Å². The molecule has 5 nitrogen and oxygen atoms in total. The molecule has 2 heterocycles. The van der Waals surface area contributed by atoms with E-state index < -0.39 is 17.6 Å². The molecule has 0 unspecified atom stereocenters. The molecule has 22 heavy (non-hydrogen) atoms. The van der Waals surface area contributed by atoms with Crippen molar-refractivity contribution in [1.29, 1.82) is 0 Å². The Kier molecular flexibility index (Phi) is 4.17. The number of nitrogens with one attached hydrogen (secondary N) is 1. The molecule has 2 rings (SSSR count). The monoisotopic (exact) mass is 308 g/mol. The van der Waals surface area contributed by atoms with Crippen molar-refractivity contribution >= 4 is 5.91 Å². The Balaban J connectivity index is 2.29. The number of carbonyl (C=O) groups excluding carboxylic acids is 1. The van der Waals surface area contributed by atoms with Crippen LogP contribution in [0, 0.1) is 19.3 Å². The zero-order valence-electron chi connectivity index (χ0n) is 11.5. The lowest BCUT2D eigenvalue weighted by Crippen LogP contribution is -2.24. The molecule has 2 aromatic rings. The molecule has 0 fully saturated rings. The molecular weight excluding hydrogens is 297 g/mol. The normalized spacial score (nSPS) is 11.0. The predicted molar refractivity (Wildman–Crippen MR) is 72.3 cm³/mol. The van der Waals surface area contributed by atoms with Gasteiger partial charge in [0.25, 0.3) is 5.91 Å². The quantitative estimate of drug-likeness (QED) is 0.882. The zero-order chi connectivity index (χ0) is 16.3. The van der Waals surface area contributed by atoms with E-state index in [0.717, 1.165) is 6.07 Å². The smallest absolute Gasteiger partial charge is 0.341 e. The summed E-state index contributed by atoms with van der Waals surface area (Å²) < 4.78 is 38.8. The van der Waals surface area contributed by atoms with Gasteiger partial charge in [-0.05, 0) is 19.1 Å². The summed E-state index contributed by atoms with van der Waals surface area (Å²) in [5.74, 6) is 2.04. The topological polar surface area (TPSA) is 59.8 Å². The van der Waals surface area contributed by atoms with Crippen LogP contribution in [0.2, 0.25) is 0 Å².